The molecule has 0 fully saturated rings. The van der Waals surface area contributed by atoms with Crippen LogP contribution in [0.1, 0.15) is 54.7 Å². The molecule has 1 amide bonds. The number of amides is 1. The van der Waals surface area contributed by atoms with Crippen LogP contribution < -0.4 is 10.6 Å². The minimum Gasteiger partial charge on any atom is -0.462 e. The van der Waals surface area contributed by atoms with Gasteiger partial charge in [0.15, 0.2) is 9.84 Å². The van der Waals surface area contributed by atoms with Crippen molar-refractivity contribution in [3.63, 3.8) is 0 Å². The zero-order chi connectivity index (χ0) is 34.3. The molecule has 0 spiro atoms. The monoisotopic (exact) mass is 661 g/mol. The Labute approximate surface area is 265 Å². The van der Waals surface area contributed by atoms with Gasteiger partial charge in [-0.15, -0.1) is 0 Å². The highest BCUT2D eigenvalue weighted by molar-refractivity contribution is 7.90. The molecular weight excluding hydrogens is 626 g/mol. The van der Waals surface area contributed by atoms with Gasteiger partial charge in [-0.1, -0.05) is 48.5 Å². The van der Waals surface area contributed by atoms with Crippen molar-refractivity contribution in [2.45, 2.75) is 68.5 Å². The van der Waals surface area contributed by atoms with E-state index < -0.39 is 58.1 Å². The van der Waals surface area contributed by atoms with Gasteiger partial charge in [0.05, 0.1) is 29.2 Å². The number of hydrogen-bond donors (Lipinski definition) is 2. The zero-order valence-corrected chi connectivity index (χ0v) is 26.5. The number of rotatable bonds is 13. The minimum atomic E-state index is -4.88. The summed E-state index contributed by atoms with van der Waals surface area (Å²) in [5.74, 6) is -1.52. The average molecular weight is 662 g/mol. The Hall–Kier alpha value is -4.28. The summed E-state index contributed by atoms with van der Waals surface area (Å²) in [6.45, 7) is 4.12. The van der Waals surface area contributed by atoms with E-state index in [1.54, 1.807) is 19.1 Å². The number of nitriles is 1. The molecule has 8 nitrogen and oxygen atoms in total. The number of alkyl halides is 4. The maximum absolute atomic E-state index is 14.8. The van der Waals surface area contributed by atoms with Crippen LogP contribution in [0.5, 0.6) is 0 Å². The second-order valence-corrected chi connectivity index (χ2v) is 13.4. The second-order valence-electron chi connectivity index (χ2n) is 11.3. The maximum atomic E-state index is 14.8. The number of benzene rings is 3. The lowest BCUT2D eigenvalue weighted by Gasteiger charge is -2.30. The van der Waals surface area contributed by atoms with Crippen molar-refractivity contribution < 1.29 is 40.3 Å². The number of halogens is 4. The van der Waals surface area contributed by atoms with Gasteiger partial charge in [-0.2, -0.15) is 18.4 Å². The molecule has 0 heterocycles. The van der Waals surface area contributed by atoms with Gasteiger partial charge < -0.3 is 10.1 Å². The molecule has 0 unspecified atom stereocenters. The molecule has 2 N–H and O–H groups in total. The summed E-state index contributed by atoms with van der Waals surface area (Å²) in [4.78, 5) is 25.2. The van der Waals surface area contributed by atoms with E-state index in [-0.39, 0.29) is 29.1 Å². The second kappa shape index (κ2) is 14.9. The summed E-state index contributed by atoms with van der Waals surface area (Å²) in [6.07, 6.45) is -4.46. The van der Waals surface area contributed by atoms with Gasteiger partial charge in [-0.05, 0) is 67.3 Å². The molecule has 46 heavy (non-hydrogen) atoms. The van der Waals surface area contributed by atoms with E-state index in [1.807, 2.05) is 6.07 Å². The van der Waals surface area contributed by atoms with Crippen molar-refractivity contribution in [2.75, 3.05) is 12.9 Å². The van der Waals surface area contributed by atoms with Gasteiger partial charge >= 0.3 is 12.1 Å². The summed E-state index contributed by atoms with van der Waals surface area (Å²) in [5, 5.41) is 14.4. The summed E-state index contributed by atoms with van der Waals surface area (Å²) in [6, 6.07) is 14.0. The van der Waals surface area contributed by atoms with E-state index in [2.05, 4.69) is 10.6 Å². The fraction of sp³-hybridized carbons (Fsp3) is 0.364. The zero-order valence-electron chi connectivity index (χ0n) is 25.7. The molecule has 0 saturated carbocycles. The van der Waals surface area contributed by atoms with Gasteiger partial charge in [0.2, 0.25) is 5.91 Å². The van der Waals surface area contributed by atoms with E-state index in [0.717, 1.165) is 20.1 Å². The van der Waals surface area contributed by atoms with Gasteiger partial charge in [0.25, 0.3) is 0 Å². The standard InChI is InChI=1S/C33H35F4N3O5S/c1-5-45-31(42)25-8-6-21(7-9-25)18-26(20-38)39-30(41)28(19-32(2,3)34)40-29(33(35,36)37)24-12-10-22(11-13-24)23-14-16-27(17-15-23)46(4,43)44/h6-17,26,28-29,40H,5,18-19H2,1-4H3,(H,39,41)/t26-,28-,29-/m0/s1. The third kappa shape index (κ3) is 10.4. The highest BCUT2D eigenvalue weighted by atomic mass is 32.2. The lowest BCUT2D eigenvalue weighted by atomic mass is 9.96. The van der Waals surface area contributed by atoms with Crippen molar-refractivity contribution in [3.05, 3.63) is 89.5 Å². The first-order chi connectivity index (χ1) is 21.4. The Morgan fingerprint density at radius 2 is 1.46 bits per heavy atom. The third-order valence-corrected chi connectivity index (χ3v) is 8.07. The first-order valence-electron chi connectivity index (χ1n) is 14.3. The van der Waals surface area contributed by atoms with Crippen LogP contribution in [0.3, 0.4) is 0 Å². The summed E-state index contributed by atoms with van der Waals surface area (Å²) < 4.78 is 86.3. The van der Waals surface area contributed by atoms with E-state index in [1.165, 1.54) is 60.7 Å². The summed E-state index contributed by atoms with van der Waals surface area (Å²) in [5.41, 5.74) is -0.334. The lowest BCUT2D eigenvalue weighted by molar-refractivity contribution is -0.161. The van der Waals surface area contributed by atoms with Gasteiger partial charge in [-0.3, -0.25) is 10.1 Å². The lowest BCUT2D eigenvalue weighted by Crippen LogP contribution is -2.53. The van der Waals surface area contributed by atoms with Crippen LogP contribution in [0.4, 0.5) is 17.6 Å². The highest BCUT2D eigenvalue weighted by Gasteiger charge is 2.44. The molecule has 0 aliphatic heterocycles. The molecule has 0 bridgehead atoms. The molecule has 0 aromatic heterocycles. The molecule has 3 aromatic rings. The minimum absolute atomic E-state index is 0.0214. The number of carbonyl (C=O) groups is 2. The fourth-order valence-electron chi connectivity index (χ4n) is 4.68. The van der Waals surface area contributed by atoms with Crippen LogP contribution in [0.25, 0.3) is 11.1 Å². The molecule has 246 valence electrons. The van der Waals surface area contributed by atoms with Crippen molar-refractivity contribution in [1.29, 1.82) is 5.26 Å². The smallest absolute Gasteiger partial charge is 0.407 e. The molecule has 0 aliphatic rings. The Bertz CT molecular complexity index is 1650. The van der Waals surface area contributed by atoms with Crippen molar-refractivity contribution in [2.24, 2.45) is 0 Å². The average Bonchev–Trinajstić information content (AvgIpc) is 2.98. The number of esters is 1. The summed E-state index contributed by atoms with van der Waals surface area (Å²) in [7, 11) is -3.43. The number of ether oxygens (including phenoxy) is 1. The maximum Gasteiger partial charge on any atom is 0.407 e. The van der Waals surface area contributed by atoms with Crippen molar-refractivity contribution >= 4 is 21.7 Å². The predicted molar refractivity (Wildman–Crippen MR) is 164 cm³/mol. The van der Waals surface area contributed by atoms with E-state index >= 15 is 0 Å². The Morgan fingerprint density at radius 1 is 0.913 bits per heavy atom. The molecule has 13 heteroatoms. The Balaban J connectivity index is 1.81. The predicted octanol–water partition coefficient (Wildman–Crippen LogP) is 5.88. The SMILES string of the molecule is CCOC(=O)c1ccc(C[C@@H](C#N)NC(=O)[C@H](CC(C)(C)F)N[C@@H](c2ccc(-c3ccc(S(C)(=O)=O)cc3)cc2)C(F)(F)F)cc1. The van der Waals surface area contributed by atoms with Crippen LogP contribution >= 0.6 is 0 Å². The van der Waals surface area contributed by atoms with Crippen LogP contribution in [0, 0.1) is 11.3 Å². The van der Waals surface area contributed by atoms with Crippen LogP contribution in [-0.2, 0) is 25.8 Å². The van der Waals surface area contributed by atoms with Gasteiger partial charge in [-0.25, -0.2) is 17.6 Å². The van der Waals surface area contributed by atoms with Crippen molar-refractivity contribution in [1.82, 2.24) is 10.6 Å². The molecule has 0 radical (unpaired) electrons. The Kier molecular flexibility index (Phi) is 11.7. The molecule has 3 rings (SSSR count). The normalized spacial score (nSPS) is 14.1. The molecule has 0 aliphatic carbocycles. The first kappa shape index (κ1) is 36.2. The quantitative estimate of drug-likeness (QED) is 0.173. The van der Waals surface area contributed by atoms with Crippen LogP contribution in [-0.4, -0.2) is 57.1 Å². The number of nitrogens with one attached hydrogen (secondary N) is 2. The van der Waals surface area contributed by atoms with Gasteiger partial charge in [0.1, 0.15) is 17.8 Å². The first-order valence-corrected chi connectivity index (χ1v) is 16.2. The van der Waals surface area contributed by atoms with Crippen LogP contribution in [0.15, 0.2) is 77.7 Å². The molecule has 0 saturated heterocycles. The molecule has 3 atom stereocenters. The molecule has 3 aromatic carbocycles. The topological polar surface area (TPSA) is 125 Å². The van der Waals surface area contributed by atoms with Gasteiger partial charge in [0, 0.05) is 19.1 Å². The number of sulfone groups is 1. The van der Waals surface area contributed by atoms with Crippen LogP contribution in [0.2, 0.25) is 0 Å². The largest absolute Gasteiger partial charge is 0.462 e. The number of carbonyl (C=O) groups excluding carboxylic acids is 2. The number of nitrogens with zero attached hydrogens (tertiary/aromatic N) is 1. The van der Waals surface area contributed by atoms with Crippen molar-refractivity contribution in [3.8, 4) is 17.2 Å². The summed E-state index contributed by atoms with van der Waals surface area (Å²) >= 11 is 0. The van der Waals surface area contributed by atoms with E-state index in [4.69, 9.17) is 4.74 Å². The van der Waals surface area contributed by atoms with E-state index in [0.29, 0.717) is 16.7 Å². The third-order valence-electron chi connectivity index (χ3n) is 6.94. The highest BCUT2D eigenvalue weighted by Crippen LogP contribution is 2.35. The number of hydrogen-bond acceptors (Lipinski definition) is 7. The Morgan fingerprint density at radius 3 is 1.91 bits per heavy atom. The molecular formula is C33H35F4N3O5S. The van der Waals surface area contributed by atoms with E-state index in [9.17, 15) is 40.8 Å². The fourth-order valence-corrected chi connectivity index (χ4v) is 5.31.